The van der Waals surface area contributed by atoms with Gasteiger partial charge in [-0.15, -0.1) is 0 Å². The smallest absolute Gasteiger partial charge is 0.309 e. The van der Waals surface area contributed by atoms with Crippen LogP contribution in [-0.4, -0.2) is 52.5 Å². The average Bonchev–Trinajstić information content (AvgIpc) is 3.88. The maximum atomic E-state index is 14.6. The van der Waals surface area contributed by atoms with Crippen LogP contribution in [0, 0.1) is 62.6 Å². The third kappa shape index (κ3) is 6.34. The summed E-state index contributed by atoms with van der Waals surface area (Å²) in [7, 11) is 0. The number of Topliss-reactive ketones (excluding diaryl/α,β-unsaturated/α-hetero) is 1. The van der Waals surface area contributed by atoms with Crippen LogP contribution >= 0.6 is 11.6 Å². The van der Waals surface area contributed by atoms with Gasteiger partial charge in [-0.3, -0.25) is 19.2 Å². The van der Waals surface area contributed by atoms with E-state index >= 15 is 0 Å². The normalized spacial score (nSPS) is 39.7. The lowest BCUT2D eigenvalue weighted by molar-refractivity contribution is -0.235. The summed E-state index contributed by atoms with van der Waals surface area (Å²) in [4.78, 5) is 54.4. The van der Waals surface area contributed by atoms with Crippen molar-refractivity contribution in [3.63, 3.8) is 0 Å². The summed E-state index contributed by atoms with van der Waals surface area (Å²) >= 11 is 6.21. The first-order valence-corrected chi connectivity index (χ1v) is 23.7. The van der Waals surface area contributed by atoms with Crippen molar-refractivity contribution in [2.45, 2.75) is 176 Å². The number of carbonyl (C=O) groups excluding carboxylic acids is 3. The predicted molar refractivity (Wildman–Crippen MR) is 235 cm³/mol. The third-order valence-corrected chi connectivity index (χ3v) is 19.8. The van der Waals surface area contributed by atoms with E-state index in [0.717, 1.165) is 74.8 Å². The molecule has 6 saturated carbocycles. The van der Waals surface area contributed by atoms with Crippen molar-refractivity contribution in [3.8, 4) is 0 Å². The Hall–Kier alpha value is -2.71. The first kappa shape index (κ1) is 43.9. The van der Waals surface area contributed by atoms with Crippen LogP contribution in [0.2, 0.25) is 5.02 Å². The number of amides is 1. The zero-order chi connectivity index (χ0) is 43.8. The van der Waals surface area contributed by atoms with Crippen molar-refractivity contribution in [2.24, 2.45) is 62.6 Å². The second kappa shape index (κ2) is 14.1. The summed E-state index contributed by atoms with van der Waals surface area (Å²) in [5.74, 6) is -0.665. The van der Waals surface area contributed by atoms with Crippen LogP contribution in [0.4, 0.5) is 0 Å². The predicted octanol–water partition coefficient (Wildman–Crippen LogP) is 10.2. The lowest BCUT2D eigenvalue weighted by atomic mass is 9.33. The number of rotatable bonds is 10. The molecule has 9 heteroatoms. The van der Waals surface area contributed by atoms with Crippen LogP contribution in [-0.2, 0) is 29.3 Å². The summed E-state index contributed by atoms with van der Waals surface area (Å²) < 4.78 is 6.44. The van der Waals surface area contributed by atoms with Gasteiger partial charge < -0.3 is 20.5 Å². The monoisotopic (exact) mass is 845 g/mol. The number of benzene rings is 1. The second-order valence-corrected chi connectivity index (χ2v) is 24.2. The molecule has 0 saturated heterocycles. The van der Waals surface area contributed by atoms with Gasteiger partial charge in [0.05, 0.1) is 22.9 Å². The molecular weight excluding hydrogens is 772 g/mol. The van der Waals surface area contributed by atoms with Crippen molar-refractivity contribution < 1.29 is 29.0 Å². The number of carboxylic acid groups (broad SMARTS) is 1. The molecule has 1 amide bonds. The molecule has 0 bridgehead atoms. The van der Waals surface area contributed by atoms with E-state index in [1.165, 1.54) is 11.1 Å². The van der Waals surface area contributed by atoms with Crippen molar-refractivity contribution >= 4 is 35.2 Å². The van der Waals surface area contributed by atoms with Gasteiger partial charge in [0.25, 0.3) is 0 Å². The molecule has 0 aliphatic heterocycles. The maximum Gasteiger partial charge on any atom is 0.309 e. The van der Waals surface area contributed by atoms with Crippen molar-refractivity contribution in [1.29, 1.82) is 0 Å². The lowest BCUT2D eigenvalue weighted by Crippen LogP contribution is -2.68. The minimum atomic E-state index is -0.835. The number of esters is 1. The van der Waals surface area contributed by atoms with Crippen LogP contribution in [0.3, 0.4) is 0 Å². The zero-order valence-corrected chi connectivity index (χ0v) is 39.2. The number of fused-ring (bicyclic) bond motifs is 7. The third-order valence-electron chi connectivity index (χ3n) is 19.6. The van der Waals surface area contributed by atoms with E-state index in [-0.39, 0.29) is 68.6 Å². The van der Waals surface area contributed by atoms with Crippen LogP contribution in [0.25, 0.3) is 0 Å². The highest BCUT2D eigenvalue weighted by Crippen LogP contribution is 2.76. The molecule has 1 aromatic carbocycles. The Kier molecular flexibility index (Phi) is 10.4. The van der Waals surface area contributed by atoms with Gasteiger partial charge >= 0.3 is 11.9 Å². The van der Waals surface area contributed by atoms with E-state index in [9.17, 15) is 24.3 Å². The topological polar surface area (TPSA) is 122 Å². The number of carbonyl (C=O) groups is 4. The Morgan fingerprint density at radius 3 is 2.10 bits per heavy atom. The molecule has 7 aliphatic rings. The molecule has 7 aliphatic carbocycles. The minimum Gasteiger partial charge on any atom is -0.481 e. The number of nitrogens with one attached hydrogen (secondary N) is 2. The Labute approximate surface area is 364 Å². The quantitative estimate of drug-likeness (QED) is 0.201. The molecule has 0 heterocycles. The summed E-state index contributed by atoms with van der Waals surface area (Å²) in [6.07, 6.45) is 10.4. The first-order chi connectivity index (χ1) is 27.8. The molecule has 0 radical (unpaired) electrons. The average molecular weight is 846 g/mol. The van der Waals surface area contributed by atoms with Gasteiger partial charge in [-0.05, 0) is 159 Å². The highest BCUT2D eigenvalue weighted by molar-refractivity contribution is 6.30. The molecule has 6 fully saturated rings. The van der Waals surface area contributed by atoms with E-state index in [0.29, 0.717) is 31.2 Å². The molecule has 330 valence electrons. The molecule has 8 rings (SSSR count). The van der Waals surface area contributed by atoms with Crippen LogP contribution in [0.1, 0.15) is 159 Å². The molecule has 10 atom stereocenters. The van der Waals surface area contributed by atoms with Gasteiger partial charge in [-0.2, -0.15) is 0 Å². The van der Waals surface area contributed by atoms with Gasteiger partial charge in [-0.1, -0.05) is 86.0 Å². The Balaban J connectivity index is 1.02. The van der Waals surface area contributed by atoms with Crippen molar-refractivity contribution in [2.75, 3.05) is 6.54 Å². The van der Waals surface area contributed by atoms with Gasteiger partial charge in [-0.25, -0.2) is 0 Å². The summed E-state index contributed by atoms with van der Waals surface area (Å²) in [6.45, 7) is 25.0. The maximum absolute atomic E-state index is 14.6. The van der Waals surface area contributed by atoms with Crippen molar-refractivity contribution in [3.05, 3.63) is 46.0 Å². The molecule has 3 N–H and O–H groups in total. The Morgan fingerprint density at radius 2 is 1.50 bits per heavy atom. The van der Waals surface area contributed by atoms with E-state index in [1.54, 1.807) is 0 Å². The number of hydrogen-bond donors (Lipinski definition) is 3. The molecule has 0 aromatic heterocycles. The lowest BCUT2D eigenvalue weighted by Gasteiger charge is -2.72. The minimum absolute atomic E-state index is 0.00957. The standard InChI is InChI=1S/C51H73ClN2O6/c1-29(2)39-35(55)27-51(54-43(59)46(7,8)53-28-50(23-24-50)30-12-14-31(52)15-13-30)25-22-48(10)32(40(39)51)16-17-37-47(9)20-19-38(45(5,6)36(47)18-21-49(37,48)11)60-42(58)34-26-33(41(56)57)44(34,3)4/h12-15,29,32-34,36-38,53H,16-28H2,1-11H3,(H,54,59)(H,56,57)/t32-,33+,34-,36?,37-,38+,47+,48-,49-,51-/m1/s1. The van der Waals surface area contributed by atoms with Crippen LogP contribution in [0.5, 0.6) is 0 Å². The molecule has 1 unspecified atom stereocenters. The fourth-order valence-corrected chi connectivity index (χ4v) is 15.4. The molecule has 8 nitrogen and oxygen atoms in total. The fourth-order valence-electron chi connectivity index (χ4n) is 15.3. The summed E-state index contributed by atoms with van der Waals surface area (Å²) in [5, 5.41) is 17.7. The van der Waals surface area contributed by atoms with Gasteiger partial charge in [0.2, 0.25) is 5.91 Å². The number of ether oxygens (including phenoxy) is 1. The summed E-state index contributed by atoms with van der Waals surface area (Å²) in [6, 6.07) is 8.12. The Morgan fingerprint density at radius 1 is 0.833 bits per heavy atom. The van der Waals surface area contributed by atoms with Gasteiger partial charge in [0.1, 0.15) is 6.10 Å². The van der Waals surface area contributed by atoms with Crippen molar-refractivity contribution in [1.82, 2.24) is 10.6 Å². The number of hydrogen-bond acceptors (Lipinski definition) is 6. The fraction of sp³-hybridized carbons (Fsp3) is 0.765. The molecule has 60 heavy (non-hydrogen) atoms. The SMILES string of the molecule is CC(C)C1=C2[C@H]3CC[C@@H]4[C@@]5(C)CC[C@H](OC(=O)[C@H]6C[C@@H](C(=O)O)C6(C)C)C(C)(C)C5CC[C@@]4(C)[C@]3(C)CC[C@@]2(NC(=O)C(C)(C)NCC2(c3ccc(Cl)cc3)CC2)CC1=O. The van der Waals surface area contributed by atoms with Crippen LogP contribution < -0.4 is 10.6 Å². The number of halogens is 1. The van der Waals surface area contributed by atoms with E-state index in [1.807, 2.05) is 39.8 Å². The van der Waals surface area contributed by atoms with Gasteiger partial charge in [0, 0.05) is 28.8 Å². The van der Waals surface area contributed by atoms with Crippen LogP contribution in [0.15, 0.2) is 35.4 Å². The zero-order valence-electron chi connectivity index (χ0n) is 38.4. The van der Waals surface area contributed by atoms with E-state index < -0.39 is 28.4 Å². The molecule has 1 aromatic rings. The van der Waals surface area contributed by atoms with Gasteiger partial charge in [0.15, 0.2) is 5.78 Å². The number of ketones is 1. The largest absolute Gasteiger partial charge is 0.481 e. The summed E-state index contributed by atoms with van der Waals surface area (Å²) in [5.41, 5.74) is 1.16. The number of carboxylic acids is 1. The van der Waals surface area contributed by atoms with E-state index in [2.05, 4.69) is 71.2 Å². The van der Waals surface area contributed by atoms with E-state index in [4.69, 9.17) is 16.3 Å². The highest BCUT2D eigenvalue weighted by atomic mass is 35.5. The first-order valence-electron chi connectivity index (χ1n) is 23.3. The number of aliphatic carboxylic acids is 1. The molecular formula is C51H73ClN2O6. The molecule has 0 spiro atoms. The highest BCUT2D eigenvalue weighted by Gasteiger charge is 2.71. The Bertz CT molecular complexity index is 2000. The number of allylic oxidation sites excluding steroid dienone is 1. The second-order valence-electron chi connectivity index (χ2n) is 23.8.